The van der Waals surface area contributed by atoms with Crippen LogP contribution in [0.5, 0.6) is 0 Å². The van der Waals surface area contributed by atoms with E-state index in [2.05, 4.69) is 10.3 Å². The lowest BCUT2D eigenvalue weighted by Gasteiger charge is -2.10. The average Bonchev–Trinajstić information content (AvgIpc) is 3.23. The van der Waals surface area contributed by atoms with Crippen molar-refractivity contribution >= 4 is 50.9 Å². The largest absolute Gasteiger partial charge is 0.380 e. The van der Waals surface area contributed by atoms with Crippen molar-refractivity contribution in [3.8, 4) is 0 Å². The normalized spacial score (nSPS) is 13.6. The summed E-state index contributed by atoms with van der Waals surface area (Å²) in [7, 11) is 0. The molecule has 170 valence electrons. The number of aromatic nitrogens is 1. The summed E-state index contributed by atoms with van der Waals surface area (Å²) in [6.45, 7) is 4.33. The van der Waals surface area contributed by atoms with Crippen LogP contribution >= 0.6 is 11.3 Å². The summed E-state index contributed by atoms with van der Waals surface area (Å²) in [6.07, 6.45) is 0. The number of anilines is 1. The van der Waals surface area contributed by atoms with Crippen molar-refractivity contribution in [1.82, 2.24) is 9.47 Å². The molecule has 1 aromatic heterocycles. The molecule has 33 heavy (non-hydrogen) atoms. The van der Waals surface area contributed by atoms with E-state index in [1.807, 2.05) is 23.6 Å². The minimum absolute atomic E-state index is 0.184. The lowest BCUT2D eigenvalue weighted by Crippen LogP contribution is -2.35. The van der Waals surface area contributed by atoms with E-state index in [9.17, 15) is 19.2 Å². The van der Waals surface area contributed by atoms with Crippen LogP contribution in [0.1, 0.15) is 34.6 Å². The van der Waals surface area contributed by atoms with Gasteiger partial charge in [-0.05, 0) is 37.3 Å². The first kappa shape index (κ1) is 22.6. The van der Waals surface area contributed by atoms with Gasteiger partial charge in [-0.1, -0.05) is 23.5 Å². The Morgan fingerprint density at radius 2 is 1.79 bits per heavy atom. The number of amides is 4. The summed E-state index contributed by atoms with van der Waals surface area (Å²) >= 11 is 1.28. The van der Waals surface area contributed by atoms with Crippen LogP contribution in [0, 0.1) is 0 Å². The summed E-state index contributed by atoms with van der Waals surface area (Å²) in [5.74, 6) is -1.79. The molecule has 0 saturated carbocycles. The summed E-state index contributed by atoms with van der Waals surface area (Å²) in [4.78, 5) is 54.8. The third kappa shape index (κ3) is 4.62. The number of rotatable bonds is 7. The molecule has 0 radical (unpaired) electrons. The fourth-order valence-electron chi connectivity index (χ4n) is 3.62. The summed E-state index contributed by atoms with van der Waals surface area (Å²) in [5.41, 5.74) is 2.04. The minimum atomic E-state index is -0.608. The SMILES string of the molecule is CCOCCn1c(=NC(=O)CN2C(=O)c3ccccc3C2=O)sc2cc(NC(C)=O)ccc21. The molecule has 4 amide bonds. The molecule has 0 aliphatic carbocycles. The van der Waals surface area contributed by atoms with E-state index < -0.39 is 24.3 Å². The smallest absolute Gasteiger partial charge is 0.268 e. The molecule has 2 heterocycles. The van der Waals surface area contributed by atoms with E-state index in [4.69, 9.17) is 4.74 Å². The molecule has 1 aliphatic rings. The van der Waals surface area contributed by atoms with Gasteiger partial charge in [0.25, 0.3) is 17.7 Å². The van der Waals surface area contributed by atoms with Crippen LogP contribution in [0.2, 0.25) is 0 Å². The van der Waals surface area contributed by atoms with Crippen molar-refractivity contribution in [3.05, 3.63) is 58.4 Å². The van der Waals surface area contributed by atoms with Gasteiger partial charge in [0.15, 0.2) is 4.80 Å². The quantitative estimate of drug-likeness (QED) is 0.425. The van der Waals surface area contributed by atoms with Crippen molar-refractivity contribution < 1.29 is 23.9 Å². The molecular formula is C23H22N4O5S. The molecule has 0 saturated heterocycles. The van der Waals surface area contributed by atoms with Gasteiger partial charge in [-0.25, -0.2) is 0 Å². The highest BCUT2D eigenvalue weighted by atomic mass is 32.1. The van der Waals surface area contributed by atoms with Crippen molar-refractivity contribution in [3.63, 3.8) is 0 Å². The number of nitrogens with zero attached hydrogens (tertiary/aromatic N) is 3. The molecule has 0 fully saturated rings. The maximum atomic E-state index is 12.8. The van der Waals surface area contributed by atoms with Gasteiger partial charge in [0.2, 0.25) is 5.91 Å². The first-order chi connectivity index (χ1) is 15.9. The van der Waals surface area contributed by atoms with Crippen molar-refractivity contribution in [1.29, 1.82) is 0 Å². The number of hydrogen-bond donors (Lipinski definition) is 1. The van der Waals surface area contributed by atoms with Crippen LogP contribution in [0.25, 0.3) is 10.2 Å². The molecule has 1 N–H and O–H groups in total. The Kier molecular flexibility index (Phi) is 6.47. The number of ether oxygens (including phenoxy) is 1. The van der Waals surface area contributed by atoms with Gasteiger partial charge in [-0.15, -0.1) is 0 Å². The van der Waals surface area contributed by atoms with Crippen LogP contribution in [0.15, 0.2) is 47.5 Å². The molecule has 0 bridgehead atoms. The molecular weight excluding hydrogens is 444 g/mol. The highest BCUT2D eigenvalue weighted by molar-refractivity contribution is 7.16. The maximum Gasteiger partial charge on any atom is 0.268 e. The molecule has 10 heteroatoms. The molecule has 2 aromatic carbocycles. The zero-order valence-corrected chi connectivity index (χ0v) is 19.0. The zero-order chi connectivity index (χ0) is 23.5. The number of nitrogens with one attached hydrogen (secondary N) is 1. The average molecular weight is 467 g/mol. The highest BCUT2D eigenvalue weighted by Gasteiger charge is 2.36. The third-order valence-electron chi connectivity index (χ3n) is 5.06. The Bertz CT molecular complexity index is 1310. The fraction of sp³-hybridized carbons (Fsp3) is 0.261. The first-order valence-corrected chi connectivity index (χ1v) is 11.2. The van der Waals surface area contributed by atoms with Crippen molar-refractivity contribution in [2.75, 3.05) is 25.1 Å². The van der Waals surface area contributed by atoms with Crippen LogP contribution < -0.4 is 10.1 Å². The van der Waals surface area contributed by atoms with Gasteiger partial charge in [-0.3, -0.25) is 24.1 Å². The van der Waals surface area contributed by atoms with Gasteiger partial charge >= 0.3 is 0 Å². The van der Waals surface area contributed by atoms with Crippen LogP contribution in [-0.4, -0.2) is 52.9 Å². The van der Waals surface area contributed by atoms with Gasteiger partial charge in [0.1, 0.15) is 6.54 Å². The predicted octanol–water partition coefficient (Wildman–Crippen LogP) is 2.42. The summed E-state index contributed by atoms with van der Waals surface area (Å²) in [6, 6.07) is 11.9. The van der Waals surface area contributed by atoms with Gasteiger partial charge in [0, 0.05) is 25.8 Å². The Balaban J connectivity index is 1.65. The molecule has 4 rings (SSSR count). The number of thiazole rings is 1. The number of carbonyl (C=O) groups is 4. The Morgan fingerprint density at radius 1 is 1.09 bits per heavy atom. The standard InChI is InChI=1S/C23H22N4O5S/c1-3-32-11-10-26-18-9-8-15(24-14(2)28)12-19(18)33-23(26)25-20(29)13-27-21(30)16-6-4-5-7-17(16)22(27)31/h4-9,12H,3,10-11,13H2,1-2H3,(H,24,28). The second kappa shape index (κ2) is 9.47. The molecule has 9 nitrogen and oxygen atoms in total. The lowest BCUT2D eigenvalue weighted by atomic mass is 10.1. The number of imide groups is 1. The monoisotopic (exact) mass is 466 g/mol. The number of hydrogen-bond acceptors (Lipinski definition) is 6. The predicted molar refractivity (Wildman–Crippen MR) is 123 cm³/mol. The first-order valence-electron chi connectivity index (χ1n) is 10.4. The molecule has 0 spiro atoms. The fourth-order valence-corrected chi connectivity index (χ4v) is 4.73. The van der Waals surface area contributed by atoms with E-state index in [1.165, 1.54) is 18.3 Å². The van der Waals surface area contributed by atoms with Crippen LogP contribution in [0.4, 0.5) is 5.69 Å². The number of fused-ring (bicyclic) bond motifs is 2. The minimum Gasteiger partial charge on any atom is -0.380 e. The van der Waals surface area contributed by atoms with Crippen molar-refractivity contribution in [2.24, 2.45) is 4.99 Å². The highest BCUT2D eigenvalue weighted by Crippen LogP contribution is 2.23. The van der Waals surface area contributed by atoms with Crippen LogP contribution in [0.3, 0.4) is 0 Å². The van der Waals surface area contributed by atoms with Gasteiger partial charge < -0.3 is 14.6 Å². The van der Waals surface area contributed by atoms with E-state index in [-0.39, 0.29) is 17.0 Å². The number of benzene rings is 2. The molecule has 3 aromatic rings. The second-order valence-corrected chi connectivity index (χ2v) is 8.35. The van der Waals surface area contributed by atoms with E-state index >= 15 is 0 Å². The van der Waals surface area contributed by atoms with E-state index in [0.29, 0.717) is 30.2 Å². The topological polar surface area (TPSA) is 110 Å². The Labute approximate surface area is 193 Å². The lowest BCUT2D eigenvalue weighted by molar-refractivity contribution is -0.118. The molecule has 0 atom stereocenters. The Hall–Kier alpha value is -3.63. The van der Waals surface area contributed by atoms with Crippen LogP contribution in [-0.2, 0) is 20.9 Å². The third-order valence-corrected chi connectivity index (χ3v) is 6.10. The van der Waals surface area contributed by atoms with Gasteiger partial charge in [-0.2, -0.15) is 4.99 Å². The zero-order valence-electron chi connectivity index (χ0n) is 18.2. The van der Waals surface area contributed by atoms with Gasteiger partial charge in [0.05, 0.1) is 28.0 Å². The summed E-state index contributed by atoms with van der Waals surface area (Å²) in [5, 5.41) is 2.74. The van der Waals surface area contributed by atoms with E-state index in [0.717, 1.165) is 15.1 Å². The van der Waals surface area contributed by atoms with Crippen molar-refractivity contribution in [2.45, 2.75) is 20.4 Å². The van der Waals surface area contributed by atoms with E-state index in [1.54, 1.807) is 30.3 Å². The molecule has 0 unspecified atom stereocenters. The number of carbonyl (C=O) groups excluding carboxylic acids is 4. The molecule has 1 aliphatic heterocycles. The second-order valence-electron chi connectivity index (χ2n) is 7.34. The Morgan fingerprint density at radius 3 is 2.42 bits per heavy atom. The maximum absolute atomic E-state index is 12.8. The summed E-state index contributed by atoms with van der Waals surface area (Å²) < 4.78 is 8.15.